The average Bonchev–Trinajstić information content (AvgIpc) is 2.34. The SMILES string of the molecule is [CH2-][OH+]CCn1cccc1. The van der Waals surface area contributed by atoms with E-state index in [4.69, 9.17) is 0 Å². The van der Waals surface area contributed by atoms with E-state index in [1.165, 1.54) is 0 Å². The van der Waals surface area contributed by atoms with E-state index in [2.05, 4.69) is 16.4 Å². The Kier molecular flexibility index (Phi) is 2.33. The van der Waals surface area contributed by atoms with Crippen LogP contribution in [0.1, 0.15) is 0 Å². The van der Waals surface area contributed by atoms with Crippen LogP contribution in [0.4, 0.5) is 0 Å². The first-order chi connectivity index (χ1) is 4.43. The van der Waals surface area contributed by atoms with Crippen LogP contribution in [0.2, 0.25) is 0 Å². The van der Waals surface area contributed by atoms with E-state index < -0.39 is 0 Å². The van der Waals surface area contributed by atoms with E-state index >= 15 is 0 Å². The zero-order chi connectivity index (χ0) is 6.53. The number of rotatable bonds is 3. The number of ether oxygens (including phenoxy) is 1. The topological polar surface area (TPSA) is 17.7 Å². The fourth-order valence-electron chi connectivity index (χ4n) is 0.705. The second-order valence-corrected chi connectivity index (χ2v) is 1.87. The third kappa shape index (κ3) is 1.90. The fraction of sp³-hybridized carbons (Fsp3) is 0.286. The van der Waals surface area contributed by atoms with Crippen LogP contribution >= 0.6 is 0 Å². The van der Waals surface area contributed by atoms with Gasteiger partial charge in [0, 0.05) is 12.4 Å². The van der Waals surface area contributed by atoms with Gasteiger partial charge in [0.25, 0.3) is 0 Å². The molecule has 1 rings (SSSR count). The Morgan fingerprint density at radius 2 is 2.00 bits per heavy atom. The highest BCUT2D eigenvalue weighted by atomic mass is 16.5. The summed E-state index contributed by atoms with van der Waals surface area (Å²) in [6.07, 6.45) is 4.04. The Morgan fingerprint density at radius 3 is 2.56 bits per heavy atom. The third-order valence-electron chi connectivity index (χ3n) is 1.18. The lowest BCUT2D eigenvalue weighted by Crippen LogP contribution is -2.02. The highest BCUT2D eigenvalue weighted by Gasteiger charge is 1.85. The van der Waals surface area contributed by atoms with Crippen LogP contribution in [-0.2, 0) is 6.54 Å². The maximum absolute atomic E-state index is 3.74. The van der Waals surface area contributed by atoms with Gasteiger partial charge in [0.05, 0.1) is 6.54 Å². The van der Waals surface area contributed by atoms with Crippen molar-refractivity contribution >= 4 is 0 Å². The molecule has 0 spiro atoms. The maximum atomic E-state index is 3.74. The molecular formula is C7H11NO. The van der Waals surface area contributed by atoms with Gasteiger partial charge in [-0.1, -0.05) is 7.11 Å². The van der Waals surface area contributed by atoms with E-state index in [-0.39, 0.29) is 0 Å². The van der Waals surface area contributed by atoms with Gasteiger partial charge in [0.15, 0.2) is 0 Å². The molecule has 0 atom stereocenters. The predicted molar refractivity (Wildman–Crippen MR) is 36.9 cm³/mol. The van der Waals surface area contributed by atoms with E-state index in [1.807, 2.05) is 24.5 Å². The molecule has 1 aromatic rings. The Hall–Kier alpha value is -0.760. The Morgan fingerprint density at radius 1 is 1.33 bits per heavy atom. The van der Waals surface area contributed by atoms with Gasteiger partial charge in [0.2, 0.25) is 0 Å². The highest BCUT2D eigenvalue weighted by Crippen LogP contribution is 1.87. The van der Waals surface area contributed by atoms with Gasteiger partial charge < -0.3 is 9.30 Å². The summed E-state index contributed by atoms with van der Waals surface area (Å²) in [4.78, 5) is 0. The zero-order valence-electron chi connectivity index (χ0n) is 5.33. The van der Waals surface area contributed by atoms with Crippen molar-refractivity contribution in [2.24, 2.45) is 0 Å². The first kappa shape index (κ1) is 6.36. The quantitative estimate of drug-likeness (QED) is 0.420. The summed E-state index contributed by atoms with van der Waals surface area (Å²) in [5.74, 6) is 0. The lowest BCUT2D eigenvalue weighted by Gasteiger charge is -2.00. The van der Waals surface area contributed by atoms with Crippen molar-refractivity contribution in [3.63, 3.8) is 0 Å². The summed E-state index contributed by atoms with van der Waals surface area (Å²) < 4.78 is 5.82. The summed E-state index contributed by atoms with van der Waals surface area (Å²) in [6, 6.07) is 4.01. The van der Waals surface area contributed by atoms with Crippen LogP contribution in [0.15, 0.2) is 24.5 Å². The van der Waals surface area contributed by atoms with Gasteiger partial charge in [0.1, 0.15) is 6.61 Å². The summed E-state index contributed by atoms with van der Waals surface area (Å²) in [6.45, 7) is 1.74. The van der Waals surface area contributed by atoms with E-state index in [0.717, 1.165) is 13.2 Å². The molecule has 0 saturated carbocycles. The highest BCUT2D eigenvalue weighted by molar-refractivity contribution is 4.89. The van der Waals surface area contributed by atoms with Crippen molar-refractivity contribution in [1.29, 1.82) is 0 Å². The lowest BCUT2D eigenvalue weighted by atomic mass is 10.7. The van der Waals surface area contributed by atoms with Crippen LogP contribution < -0.4 is 0 Å². The van der Waals surface area contributed by atoms with E-state index in [1.54, 1.807) is 0 Å². The number of aromatic nitrogens is 1. The molecule has 0 amide bonds. The summed E-state index contributed by atoms with van der Waals surface area (Å²) >= 11 is 0. The molecule has 0 aliphatic heterocycles. The van der Waals surface area contributed by atoms with Crippen LogP contribution in [0.25, 0.3) is 0 Å². The predicted octanol–water partition coefficient (Wildman–Crippen LogP) is 0.808. The minimum atomic E-state index is 0.800. The van der Waals surface area contributed by atoms with Gasteiger partial charge in [-0.15, -0.1) is 0 Å². The number of hydrogen-bond acceptors (Lipinski definition) is 0. The second-order valence-electron chi connectivity index (χ2n) is 1.87. The fourth-order valence-corrected chi connectivity index (χ4v) is 0.705. The van der Waals surface area contributed by atoms with Crippen molar-refractivity contribution in [2.45, 2.75) is 6.54 Å². The molecule has 2 nitrogen and oxygen atoms in total. The first-order valence-electron chi connectivity index (χ1n) is 2.97. The van der Waals surface area contributed by atoms with Crippen LogP contribution in [0.5, 0.6) is 0 Å². The molecule has 0 aliphatic rings. The van der Waals surface area contributed by atoms with Gasteiger partial charge in [-0.05, 0) is 12.1 Å². The van der Waals surface area contributed by atoms with E-state index in [9.17, 15) is 0 Å². The molecule has 0 bridgehead atoms. The van der Waals surface area contributed by atoms with Gasteiger partial charge in [-0.3, -0.25) is 0 Å². The molecular weight excluding hydrogens is 114 g/mol. The minimum absolute atomic E-state index is 0.800. The Bertz CT molecular complexity index is 146. The molecule has 0 aromatic carbocycles. The lowest BCUT2D eigenvalue weighted by molar-refractivity contribution is 0.0495. The van der Waals surface area contributed by atoms with Gasteiger partial charge in [-0.2, -0.15) is 0 Å². The van der Waals surface area contributed by atoms with Gasteiger partial charge in [-0.25, -0.2) is 0 Å². The van der Waals surface area contributed by atoms with Crippen molar-refractivity contribution < 1.29 is 4.74 Å². The molecule has 0 radical (unpaired) electrons. The zero-order valence-corrected chi connectivity index (χ0v) is 5.33. The average molecular weight is 125 g/mol. The smallest absolute Gasteiger partial charge is 0.137 e. The second kappa shape index (κ2) is 3.30. The number of nitrogens with zero attached hydrogens (tertiary/aromatic N) is 1. The largest absolute Gasteiger partial charge is 0.580 e. The molecule has 9 heavy (non-hydrogen) atoms. The van der Waals surface area contributed by atoms with Crippen molar-refractivity contribution in [3.8, 4) is 0 Å². The van der Waals surface area contributed by atoms with Crippen molar-refractivity contribution in [1.82, 2.24) is 4.57 Å². The molecule has 0 aliphatic carbocycles. The molecule has 0 fully saturated rings. The molecule has 0 saturated heterocycles. The normalized spacial score (nSPS) is 9.89. The van der Waals surface area contributed by atoms with E-state index in [0.29, 0.717) is 0 Å². The molecule has 1 N–H and O–H groups in total. The van der Waals surface area contributed by atoms with Gasteiger partial charge >= 0.3 is 0 Å². The third-order valence-corrected chi connectivity index (χ3v) is 1.18. The summed E-state index contributed by atoms with van der Waals surface area (Å²) in [5.41, 5.74) is 0. The molecule has 1 heterocycles. The van der Waals surface area contributed by atoms with Crippen LogP contribution in [0, 0.1) is 7.11 Å². The molecule has 50 valence electrons. The summed E-state index contributed by atoms with van der Waals surface area (Å²) in [7, 11) is 3.40. The van der Waals surface area contributed by atoms with Crippen molar-refractivity contribution in [3.05, 3.63) is 31.6 Å². The number of aliphatic hydroxyl groups is 2. The number of hydrogen-bond donors (Lipinski definition) is 0. The van der Waals surface area contributed by atoms with Crippen LogP contribution in [-0.4, -0.2) is 15.9 Å². The minimum Gasteiger partial charge on any atom is -0.580 e. The Labute approximate surface area is 55.1 Å². The Balaban J connectivity index is 2.30. The van der Waals surface area contributed by atoms with Crippen molar-refractivity contribution in [2.75, 3.05) is 6.61 Å². The summed E-state index contributed by atoms with van der Waals surface area (Å²) in [5, 5.41) is 0. The standard InChI is InChI=1S/C7H11NO/c1-9-7-6-8-4-2-3-5-8/h2-5,9H,1,6-7H2. The molecule has 1 aromatic heterocycles. The van der Waals surface area contributed by atoms with Crippen LogP contribution in [0.3, 0.4) is 0 Å². The molecule has 2 heteroatoms. The first-order valence-corrected chi connectivity index (χ1v) is 2.97. The molecule has 0 unspecified atom stereocenters. The maximum Gasteiger partial charge on any atom is 0.137 e. The monoisotopic (exact) mass is 125 g/mol.